The van der Waals surface area contributed by atoms with Crippen molar-refractivity contribution in [2.75, 3.05) is 0 Å². The van der Waals surface area contributed by atoms with Gasteiger partial charge < -0.3 is 15.2 Å². The lowest BCUT2D eigenvalue weighted by atomic mass is 10.0. The summed E-state index contributed by atoms with van der Waals surface area (Å²) in [6.45, 7) is 0.515. The van der Waals surface area contributed by atoms with Crippen LogP contribution in [0.1, 0.15) is 21.5 Å². The summed E-state index contributed by atoms with van der Waals surface area (Å²) in [5, 5.41) is 13.5. The van der Waals surface area contributed by atoms with E-state index in [0.717, 1.165) is 21.9 Å². The van der Waals surface area contributed by atoms with Gasteiger partial charge in [0.15, 0.2) is 0 Å². The summed E-state index contributed by atoms with van der Waals surface area (Å²) in [4.78, 5) is 22.9. The van der Waals surface area contributed by atoms with Gasteiger partial charge in [-0.2, -0.15) is 0 Å². The number of fused-ring (bicyclic) bond motifs is 1. The molecule has 0 spiro atoms. The van der Waals surface area contributed by atoms with Gasteiger partial charge in [0.05, 0.1) is 5.56 Å². The normalized spacial score (nSPS) is 10.4. The van der Waals surface area contributed by atoms with Crippen LogP contribution in [0.5, 0.6) is 0 Å². The first-order valence-electron chi connectivity index (χ1n) is 7.83. The van der Waals surface area contributed by atoms with Crippen LogP contribution in [-0.2, 0) is 17.9 Å². The van der Waals surface area contributed by atoms with Gasteiger partial charge in [0.25, 0.3) is 0 Å². The third kappa shape index (κ3) is 4.14. The molecule has 0 bridgehead atoms. The van der Waals surface area contributed by atoms with Gasteiger partial charge >= 0.3 is 12.1 Å². The second kappa shape index (κ2) is 7.49. The van der Waals surface area contributed by atoms with E-state index in [1.807, 2.05) is 48.5 Å². The summed E-state index contributed by atoms with van der Waals surface area (Å²) in [7, 11) is 0. The molecule has 0 heterocycles. The van der Waals surface area contributed by atoms with E-state index in [2.05, 4.69) is 5.32 Å². The van der Waals surface area contributed by atoms with Gasteiger partial charge in [-0.25, -0.2) is 9.59 Å². The van der Waals surface area contributed by atoms with Crippen molar-refractivity contribution in [2.24, 2.45) is 0 Å². The molecule has 2 N–H and O–H groups in total. The molecule has 126 valence electrons. The molecule has 0 saturated heterocycles. The molecule has 0 aliphatic heterocycles. The number of carbonyl (C=O) groups is 2. The average Bonchev–Trinajstić information content (AvgIpc) is 2.65. The molecule has 3 aromatic rings. The Morgan fingerprint density at radius 1 is 0.960 bits per heavy atom. The Bertz CT molecular complexity index is 906. The summed E-state index contributed by atoms with van der Waals surface area (Å²) in [5.74, 6) is -0.963. The summed E-state index contributed by atoms with van der Waals surface area (Å²) >= 11 is 0. The first-order valence-corrected chi connectivity index (χ1v) is 7.83. The summed E-state index contributed by atoms with van der Waals surface area (Å²) in [6, 6.07) is 20.0. The molecule has 0 atom stereocenters. The van der Waals surface area contributed by atoms with Crippen molar-refractivity contribution in [1.82, 2.24) is 5.32 Å². The number of carbonyl (C=O) groups excluding carboxylic acids is 1. The Kier molecular flexibility index (Phi) is 4.95. The number of hydrogen-bond acceptors (Lipinski definition) is 3. The number of benzene rings is 3. The number of aromatic carboxylic acids is 1. The van der Waals surface area contributed by atoms with Crippen LogP contribution in [0.2, 0.25) is 0 Å². The summed E-state index contributed by atoms with van der Waals surface area (Å²) < 4.78 is 5.18. The van der Waals surface area contributed by atoms with Gasteiger partial charge in [-0.1, -0.05) is 54.6 Å². The first-order chi connectivity index (χ1) is 12.1. The summed E-state index contributed by atoms with van der Waals surface area (Å²) in [6.07, 6.45) is -0.497. The van der Waals surface area contributed by atoms with Gasteiger partial charge in [0, 0.05) is 6.54 Å². The highest BCUT2D eigenvalue weighted by Crippen LogP contribution is 2.20. The molecule has 5 heteroatoms. The lowest BCUT2D eigenvalue weighted by molar-refractivity contribution is 0.0697. The quantitative estimate of drug-likeness (QED) is 0.740. The zero-order valence-corrected chi connectivity index (χ0v) is 13.4. The predicted octanol–water partition coefficient (Wildman–Crippen LogP) is 3.96. The van der Waals surface area contributed by atoms with Crippen LogP contribution in [-0.4, -0.2) is 17.2 Å². The fourth-order valence-electron chi connectivity index (χ4n) is 2.58. The number of carboxylic acids is 1. The minimum Gasteiger partial charge on any atom is -0.478 e. The molecule has 0 aliphatic carbocycles. The number of ether oxygens (including phenoxy) is 1. The molecule has 0 saturated carbocycles. The van der Waals surface area contributed by atoms with Gasteiger partial charge in [-0.05, 0) is 34.0 Å². The molecular weight excluding hydrogens is 318 g/mol. The highest BCUT2D eigenvalue weighted by molar-refractivity contribution is 5.95. The Hall–Kier alpha value is -3.34. The van der Waals surface area contributed by atoms with Crippen LogP contribution in [0, 0.1) is 0 Å². The smallest absolute Gasteiger partial charge is 0.407 e. The Labute approximate surface area is 144 Å². The van der Waals surface area contributed by atoms with E-state index >= 15 is 0 Å². The van der Waals surface area contributed by atoms with E-state index in [-0.39, 0.29) is 12.2 Å². The monoisotopic (exact) mass is 335 g/mol. The van der Waals surface area contributed by atoms with Crippen molar-refractivity contribution in [1.29, 1.82) is 0 Å². The molecule has 1 amide bonds. The molecule has 0 aromatic heterocycles. The lowest BCUT2D eigenvalue weighted by Gasteiger charge is -2.10. The molecule has 5 nitrogen and oxygen atoms in total. The number of carboxylic acid groups (broad SMARTS) is 1. The van der Waals surface area contributed by atoms with Crippen molar-refractivity contribution in [3.8, 4) is 0 Å². The van der Waals surface area contributed by atoms with Crippen LogP contribution in [0.3, 0.4) is 0 Å². The highest BCUT2D eigenvalue weighted by Gasteiger charge is 2.08. The number of amides is 1. The van der Waals surface area contributed by atoms with Crippen LogP contribution >= 0.6 is 0 Å². The van der Waals surface area contributed by atoms with Crippen molar-refractivity contribution in [3.63, 3.8) is 0 Å². The Balaban J connectivity index is 1.64. The van der Waals surface area contributed by atoms with Crippen molar-refractivity contribution in [3.05, 3.63) is 83.4 Å². The van der Waals surface area contributed by atoms with Crippen molar-refractivity contribution >= 4 is 22.8 Å². The maximum absolute atomic E-state index is 11.9. The lowest BCUT2D eigenvalue weighted by Crippen LogP contribution is -2.23. The van der Waals surface area contributed by atoms with Crippen LogP contribution < -0.4 is 5.32 Å². The number of nitrogens with one attached hydrogen (secondary N) is 1. The van der Waals surface area contributed by atoms with Crippen LogP contribution in [0.25, 0.3) is 10.8 Å². The molecule has 0 fully saturated rings. The molecule has 0 aliphatic rings. The maximum atomic E-state index is 11.9. The molecule has 25 heavy (non-hydrogen) atoms. The standard InChI is InChI=1S/C20H17NO4/c22-19(23)16-9-10-18-15(11-16)7-4-8-17(18)12-21-20(24)25-13-14-5-2-1-3-6-14/h1-11H,12-13H2,(H,21,24)(H,22,23). The number of rotatable bonds is 5. The third-order valence-corrected chi connectivity index (χ3v) is 3.85. The van der Waals surface area contributed by atoms with E-state index in [1.165, 1.54) is 0 Å². The molecule has 3 aromatic carbocycles. The fourth-order valence-corrected chi connectivity index (χ4v) is 2.58. The highest BCUT2D eigenvalue weighted by atomic mass is 16.5. The van der Waals surface area contributed by atoms with E-state index in [9.17, 15) is 9.59 Å². The fraction of sp³-hybridized carbons (Fsp3) is 0.100. The third-order valence-electron chi connectivity index (χ3n) is 3.85. The zero-order chi connectivity index (χ0) is 17.6. The van der Waals surface area contributed by atoms with E-state index in [4.69, 9.17) is 9.84 Å². The van der Waals surface area contributed by atoms with Gasteiger partial charge in [0.1, 0.15) is 6.61 Å². The van der Waals surface area contributed by atoms with Crippen molar-refractivity contribution < 1.29 is 19.4 Å². The SMILES string of the molecule is O=C(NCc1cccc2cc(C(=O)O)ccc12)OCc1ccccc1. The van der Waals surface area contributed by atoms with E-state index < -0.39 is 12.1 Å². The number of hydrogen-bond donors (Lipinski definition) is 2. The van der Waals surface area contributed by atoms with Crippen LogP contribution in [0.4, 0.5) is 4.79 Å². The average molecular weight is 335 g/mol. The minimum absolute atomic E-state index is 0.212. The van der Waals surface area contributed by atoms with Gasteiger partial charge in [-0.15, -0.1) is 0 Å². The molecule has 3 rings (SSSR count). The van der Waals surface area contributed by atoms with Gasteiger partial charge in [0.2, 0.25) is 0 Å². The zero-order valence-electron chi connectivity index (χ0n) is 13.4. The Morgan fingerprint density at radius 3 is 2.52 bits per heavy atom. The predicted molar refractivity (Wildman–Crippen MR) is 94.4 cm³/mol. The Morgan fingerprint density at radius 2 is 1.76 bits per heavy atom. The minimum atomic E-state index is -0.963. The number of alkyl carbamates (subject to hydrolysis) is 1. The molecular formula is C20H17NO4. The largest absolute Gasteiger partial charge is 0.478 e. The van der Waals surface area contributed by atoms with E-state index in [0.29, 0.717) is 6.54 Å². The molecule has 0 unspecified atom stereocenters. The molecule has 0 radical (unpaired) electrons. The summed E-state index contributed by atoms with van der Waals surface area (Å²) in [5.41, 5.74) is 2.05. The maximum Gasteiger partial charge on any atom is 0.407 e. The van der Waals surface area contributed by atoms with Crippen molar-refractivity contribution in [2.45, 2.75) is 13.2 Å². The first kappa shape index (κ1) is 16.5. The topological polar surface area (TPSA) is 75.6 Å². The van der Waals surface area contributed by atoms with Crippen LogP contribution in [0.15, 0.2) is 66.7 Å². The second-order valence-electron chi connectivity index (χ2n) is 5.57. The van der Waals surface area contributed by atoms with E-state index in [1.54, 1.807) is 18.2 Å². The second-order valence-corrected chi connectivity index (χ2v) is 5.57. The van der Waals surface area contributed by atoms with Gasteiger partial charge in [-0.3, -0.25) is 0 Å².